The van der Waals surface area contributed by atoms with E-state index in [0.29, 0.717) is 0 Å². The van der Waals surface area contributed by atoms with Crippen LogP contribution in [0.15, 0.2) is 63.5 Å². The van der Waals surface area contributed by atoms with Crippen molar-refractivity contribution in [3.8, 4) is 5.75 Å². The summed E-state index contributed by atoms with van der Waals surface area (Å²) in [5.41, 5.74) is 3.05. The lowest BCUT2D eigenvalue weighted by molar-refractivity contribution is 0.450. The van der Waals surface area contributed by atoms with Gasteiger partial charge in [-0.25, -0.2) is 0 Å². The minimum absolute atomic E-state index is 0.123. The lowest BCUT2D eigenvalue weighted by Gasteiger charge is -2.18. The molecule has 112 valence electrons. The zero-order valence-electron chi connectivity index (χ0n) is 12.5. The van der Waals surface area contributed by atoms with E-state index in [1.807, 2.05) is 62.4 Å². The monoisotopic (exact) mass is 356 g/mol. The Morgan fingerprint density at radius 3 is 2.32 bits per heavy atom. The molecule has 0 bridgehead atoms. The first-order chi connectivity index (χ1) is 10.5. The third kappa shape index (κ3) is 2.95. The van der Waals surface area contributed by atoms with Gasteiger partial charge in [0.25, 0.3) is 0 Å². The molecular weight excluding hydrogens is 340 g/mol. The third-order valence-electron chi connectivity index (χ3n) is 3.74. The van der Waals surface area contributed by atoms with Gasteiger partial charge in [0.2, 0.25) is 0 Å². The fourth-order valence-corrected chi connectivity index (χ4v) is 2.93. The summed E-state index contributed by atoms with van der Waals surface area (Å²) in [6.07, 6.45) is 0. The van der Waals surface area contributed by atoms with Gasteiger partial charge in [-0.3, -0.25) is 0 Å². The van der Waals surface area contributed by atoms with Crippen LogP contribution in [0.2, 0.25) is 0 Å². The predicted octanol–water partition coefficient (Wildman–Crippen LogP) is 5.54. The summed E-state index contributed by atoms with van der Waals surface area (Å²) in [6, 6.07) is 17.7. The van der Waals surface area contributed by atoms with E-state index in [-0.39, 0.29) is 11.7 Å². The van der Waals surface area contributed by atoms with Crippen molar-refractivity contribution in [3.63, 3.8) is 0 Å². The zero-order chi connectivity index (χ0) is 15.7. The number of benzene rings is 2. The molecular formula is C19H17BrO2. The van der Waals surface area contributed by atoms with E-state index in [1.165, 1.54) is 0 Å². The number of halogens is 1. The molecule has 0 aliphatic rings. The van der Waals surface area contributed by atoms with Gasteiger partial charge in [-0.1, -0.05) is 45.8 Å². The number of hydrogen-bond donors (Lipinski definition) is 1. The molecule has 1 aromatic heterocycles. The largest absolute Gasteiger partial charge is 0.508 e. The Balaban J connectivity index is 2.18. The molecule has 1 N–H and O–H groups in total. The summed E-state index contributed by atoms with van der Waals surface area (Å²) in [5.74, 6) is 1.86. The molecule has 1 heterocycles. The zero-order valence-corrected chi connectivity index (χ0v) is 14.1. The van der Waals surface area contributed by atoms with Crippen LogP contribution in [0.3, 0.4) is 0 Å². The van der Waals surface area contributed by atoms with Gasteiger partial charge in [0.1, 0.15) is 17.3 Å². The maximum absolute atomic E-state index is 10.3. The first-order valence-corrected chi connectivity index (χ1v) is 7.95. The smallest absolute Gasteiger partial charge is 0.119 e. The van der Waals surface area contributed by atoms with Gasteiger partial charge in [-0.2, -0.15) is 0 Å². The van der Waals surface area contributed by atoms with Crippen LogP contribution in [0.25, 0.3) is 0 Å². The molecule has 3 heteroatoms. The van der Waals surface area contributed by atoms with Crippen LogP contribution in [-0.4, -0.2) is 5.11 Å². The molecule has 22 heavy (non-hydrogen) atoms. The normalized spacial score (nSPS) is 12.3. The van der Waals surface area contributed by atoms with Gasteiger partial charge in [-0.05, 0) is 49.7 Å². The second kappa shape index (κ2) is 6.01. The number of aromatic hydroxyl groups is 1. The first-order valence-electron chi connectivity index (χ1n) is 7.16. The number of rotatable bonds is 3. The van der Waals surface area contributed by atoms with E-state index in [1.54, 1.807) is 6.07 Å². The number of aryl methyl sites for hydroxylation is 2. The number of furan rings is 1. The van der Waals surface area contributed by atoms with E-state index in [9.17, 15) is 5.11 Å². The molecule has 0 spiro atoms. The summed E-state index contributed by atoms with van der Waals surface area (Å²) in [4.78, 5) is 0. The molecule has 2 aromatic carbocycles. The maximum Gasteiger partial charge on any atom is 0.119 e. The molecule has 0 aliphatic carbocycles. The highest BCUT2D eigenvalue weighted by Crippen LogP contribution is 2.38. The van der Waals surface area contributed by atoms with E-state index in [4.69, 9.17) is 4.42 Å². The predicted molar refractivity (Wildman–Crippen MR) is 91.4 cm³/mol. The van der Waals surface area contributed by atoms with Gasteiger partial charge in [0, 0.05) is 10.0 Å². The lowest BCUT2D eigenvalue weighted by Crippen LogP contribution is -2.03. The number of phenolic OH excluding ortho intramolecular Hbond substituents is 1. The highest BCUT2D eigenvalue weighted by atomic mass is 79.9. The maximum atomic E-state index is 10.3. The quantitative estimate of drug-likeness (QED) is 0.667. The van der Waals surface area contributed by atoms with Crippen LogP contribution >= 0.6 is 15.9 Å². The molecule has 2 nitrogen and oxygen atoms in total. The van der Waals surface area contributed by atoms with E-state index < -0.39 is 0 Å². The fraction of sp³-hybridized carbons (Fsp3) is 0.158. The fourth-order valence-electron chi connectivity index (χ4n) is 2.67. The summed E-state index contributed by atoms with van der Waals surface area (Å²) < 4.78 is 6.88. The Kier molecular flexibility index (Phi) is 4.08. The van der Waals surface area contributed by atoms with E-state index in [0.717, 1.165) is 32.7 Å². The molecule has 0 saturated heterocycles. The second-order valence-electron chi connectivity index (χ2n) is 5.50. The van der Waals surface area contributed by atoms with Crippen molar-refractivity contribution >= 4 is 15.9 Å². The van der Waals surface area contributed by atoms with Crippen LogP contribution in [0, 0.1) is 13.8 Å². The molecule has 0 radical (unpaired) electrons. The highest BCUT2D eigenvalue weighted by Gasteiger charge is 2.23. The van der Waals surface area contributed by atoms with Gasteiger partial charge in [0.15, 0.2) is 0 Å². The molecule has 0 amide bonds. The summed E-state index contributed by atoms with van der Waals surface area (Å²) in [5, 5.41) is 10.3. The molecule has 3 aromatic rings. The van der Waals surface area contributed by atoms with Crippen molar-refractivity contribution in [3.05, 3.63) is 87.3 Å². The highest BCUT2D eigenvalue weighted by molar-refractivity contribution is 9.10. The summed E-state index contributed by atoms with van der Waals surface area (Å²) >= 11 is 3.46. The van der Waals surface area contributed by atoms with Crippen LogP contribution in [-0.2, 0) is 0 Å². The van der Waals surface area contributed by atoms with Gasteiger partial charge < -0.3 is 9.52 Å². The average Bonchev–Trinajstić information content (AvgIpc) is 2.91. The topological polar surface area (TPSA) is 33.4 Å². The SMILES string of the molecule is Cc1ccc(O)c(C(c2ccc(Br)cc2)c2ccc(C)o2)c1. The Hall–Kier alpha value is -2.00. The van der Waals surface area contributed by atoms with Crippen molar-refractivity contribution in [1.29, 1.82) is 0 Å². The second-order valence-corrected chi connectivity index (χ2v) is 6.41. The van der Waals surface area contributed by atoms with Crippen LogP contribution in [0.4, 0.5) is 0 Å². The Bertz CT molecular complexity index is 787. The van der Waals surface area contributed by atoms with Crippen LogP contribution in [0.1, 0.15) is 34.1 Å². The number of phenols is 1. The van der Waals surface area contributed by atoms with Crippen molar-refractivity contribution in [2.24, 2.45) is 0 Å². The van der Waals surface area contributed by atoms with E-state index >= 15 is 0 Å². The van der Waals surface area contributed by atoms with Crippen molar-refractivity contribution in [1.82, 2.24) is 0 Å². The molecule has 0 fully saturated rings. The van der Waals surface area contributed by atoms with Gasteiger partial charge in [0.05, 0.1) is 5.92 Å². The van der Waals surface area contributed by atoms with Gasteiger partial charge in [-0.15, -0.1) is 0 Å². The van der Waals surface area contributed by atoms with Crippen molar-refractivity contribution in [2.45, 2.75) is 19.8 Å². The third-order valence-corrected chi connectivity index (χ3v) is 4.27. The van der Waals surface area contributed by atoms with Gasteiger partial charge >= 0.3 is 0 Å². The molecule has 1 atom stereocenters. The van der Waals surface area contributed by atoms with E-state index in [2.05, 4.69) is 15.9 Å². The Morgan fingerprint density at radius 1 is 0.955 bits per heavy atom. The molecule has 0 saturated carbocycles. The summed E-state index contributed by atoms with van der Waals surface area (Å²) in [6.45, 7) is 3.95. The lowest BCUT2D eigenvalue weighted by atomic mass is 9.88. The molecule has 3 rings (SSSR count). The Morgan fingerprint density at radius 2 is 1.68 bits per heavy atom. The minimum atomic E-state index is -0.123. The van der Waals surface area contributed by atoms with Crippen molar-refractivity contribution in [2.75, 3.05) is 0 Å². The van der Waals surface area contributed by atoms with Crippen LogP contribution < -0.4 is 0 Å². The first kappa shape index (κ1) is 14.9. The minimum Gasteiger partial charge on any atom is -0.508 e. The average molecular weight is 357 g/mol. The van der Waals surface area contributed by atoms with Crippen LogP contribution in [0.5, 0.6) is 5.75 Å². The van der Waals surface area contributed by atoms with Crippen molar-refractivity contribution < 1.29 is 9.52 Å². The molecule has 1 unspecified atom stereocenters. The number of hydrogen-bond acceptors (Lipinski definition) is 2. The molecule has 0 aliphatic heterocycles. The summed E-state index contributed by atoms with van der Waals surface area (Å²) in [7, 11) is 0. The standard InChI is InChI=1S/C19H17BrO2/c1-12-3-9-17(21)16(11-12)19(18-10-4-13(2)22-18)14-5-7-15(20)8-6-14/h3-11,19,21H,1-2H3. The Labute approximate surface area is 138 Å².